The standard InChI is InChI=1S/C25H25N3O2S/c1-17-12-13-23(30-3)21(14-17)26-24(29)16-31-25-27-20-10-6-7-11-22(20)28(25)15-19-9-5-4-8-18(19)2/h4-14H,15-16H2,1-3H3,(H,26,29). The maximum absolute atomic E-state index is 12.7. The lowest BCUT2D eigenvalue weighted by molar-refractivity contribution is -0.113. The second-order valence-electron chi connectivity index (χ2n) is 7.44. The number of anilines is 1. The predicted molar refractivity (Wildman–Crippen MR) is 127 cm³/mol. The number of amides is 1. The number of benzene rings is 3. The SMILES string of the molecule is COc1ccc(C)cc1NC(=O)CSc1nc2ccccc2n1Cc1ccccc1C. The quantitative estimate of drug-likeness (QED) is 0.396. The number of aromatic nitrogens is 2. The first-order chi connectivity index (χ1) is 15.0. The third kappa shape index (κ3) is 4.75. The Bertz CT molecular complexity index is 1230. The van der Waals surface area contributed by atoms with E-state index in [0.717, 1.165) is 21.8 Å². The molecule has 0 bridgehead atoms. The van der Waals surface area contributed by atoms with Crippen molar-refractivity contribution in [2.24, 2.45) is 0 Å². The first-order valence-electron chi connectivity index (χ1n) is 10.1. The van der Waals surface area contributed by atoms with Gasteiger partial charge in [-0.25, -0.2) is 4.98 Å². The highest BCUT2D eigenvalue weighted by molar-refractivity contribution is 7.99. The number of thioether (sulfide) groups is 1. The number of rotatable bonds is 7. The molecule has 158 valence electrons. The van der Waals surface area contributed by atoms with E-state index < -0.39 is 0 Å². The highest BCUT2D eigenvalue weighted by Crippen LogP contribution is 2.28. The van der Waals surface area contributed by atoms with E-state index in [-0.39, 0.29) is 11.7 Å². The second kappa shape index (κ2) is 9.27. The van der Waals surface area contributed by atoms with E-state index in [4.69, 9.17) is 9.72 Å². The lowest BCUT2D eigenvalue weighted by Crippen LogP contribution is -2.15. The summed E-state index contributed by atoms with van der Waals surface area (Å²) < 4.78 is 7.55. The largest absolute Gasteiger partial charge is 0.495 e. The molecular weight excluding hydrogens is 406 g/mol. The van der Waals surface area contributed by atoms with Crippen LogP contribution in [-0.2, 0) is 11.3 Å². The Kier molecular flexibility index (Phi) is 6.28. The Morgan fingerprint density at radius 1 is 1.06 bits per heavy atom. The molecule has 1 amide bonds. The van der Waals surface area contributed by atoms with Crippen molar-refractivity contribution in [1.82, 2.24) is 9.55 Å². The van der Waals surface area contributed by atoms with Gasteiger partial charge in [-0.3, -0.25) is 4.79 Å². The molecular formula is C25H25N3O2S. The molecule has 31 heavy (non-hydrogen) atoms. The predicted octanol–water partition coefficient (Wildman–Crippen LogP) is 5.44. The Morgan fingerprint density at radius 2 is 1.84 bits per heavy atom. The maximum Gasteiger partial charge on any atom is 0.234 e. The minimum atomic E-state index is -0.0941. The summed E-state index contributed by atoms with van der Waals surface area (Å²) in [5.41, 5.74) is 6.21. The van der Waals surface area contributed by atoms with Crippen LogP contribution in [0, 0.1) is 13.8 Å². The van der Waals surface area contributed by atoms with Gasteiger partial charge >= 0.3 is 0 Å². The van der Waals surface area contributed by atoms with Crippen molar-refractivity contribution >= 4 is 34.4 Å². The number of hydrogen-bond donors (Lipinski definition) is 1. The summed E-state index contributed by atoms with van der Waals surface area (Å²) in [6.45, 7) is 4.81. The molecule has 1 N–H and O–H groups in total. The van der Waals surface area contributed by atoms with Gasteiger partial charge in [0.15, 0.2) is 5.16 Å². The van der Waals surface area contributed by atoms with Crippen molar-refractivity contribution in [3.63, 3.8) is 0 Å². The molecule has 0 aliphatic rings. The third-order valence-electron chi connectivity index (χ3n) is 5.17. The van der Waals surface area contributed by atoms with Gasteiger partial charge in [0.05, 0.1) is 36.1 Å². The van der Waals surface area contributed by atoms with Gasteiger partial charge < -0.3 is 14.6 Å². The van der Waals surface area contributed by atoms with Crippen LogP contribution in [0.25, 0.3) is 11.0 Å². The molecule has 0 spiro atoms. The summed E-state index contributed by atoms with van der Waals surface area (Å²) in [6, 6.07) is 22.2. The minimum absolute atomic E-state index is 0.0941. The third-order valence-corrected chi connectivity index (χ3v) is 6.15. The van der Waals surface area contributed by atoms with E-state index in [1.54, 1.807) is 7.11 Å². The number of ether oxygens (including phenoxy) is 1. The Morgan fingerprint density at radius 3 is 2.65 bits per heavy atom. The molecule has 3 aromatic carbocycles. The van der Waals surface area contributed by atoms with Crippen molar-refractivity contribution in [1.29, 1.82) is 0 Å². The van der Waals surface area contributed by atoms with Crippen LogP contribution in [0.15, 0.2) is 71.9 Å². The van der Waals surface area contributed by atoms with Gasteiger partial charge in [0.25, 0.3) is 0 Å². The average Bonchev–Trinajstić information content (AvgIpc) is 3.11. The number of fused-ring (bicyclic) bond motifs is 1. The zero-order chi connectivity index (χ0) is 21.8. The molecule has 4 rings (SSSR count). The molecule has 1 aromatic heterocycles. The zero-order valence-electron chi connectivity index (χ0n) is 17.9. The molecule has 0 saturated heterocycles. The number of nitrogens with zero attached hydrogens (tertiary/aromatic N) is 2. The fourth-order valence-electron chi connectivity index (χ4n) is 3.51. The zero-order valence-corrected chi connectivity index (χ0v) is 18.7. The molecule has 0 unspecified atom stereocenters. The van der Waals surface area contributed by atoms with Gasteiger partial charge in [0, 0.05) is 0 Å². The minimum Gasteiger partial charge on any atom is -0.495 e. The number of aryl methyl sites for hydroxylation is 2. The smallest absolute Gasteiger partial charge is 0.234 e. The summed E-state index contributed by atoms with van der Waals surface area (Å²) in [6.07, 6.45) is 0. The molecule has 1 heterocycles. The molecule has 5 nitrogen and oxygen atoms in total. The van der Waals surface area contributed by atoms with Crippen LogP contribution in [0.1, 0.15) is 16.7 Å². The van der Waals surface area contributed by atoms with Gasteiger partial charge in [-0.15, -0.1) is 0 Å². The highest BCUT2D eigenvalue weighted by Gasteiger charge is 2.15. The summed E-state index contributed by atoms with van der Waals surface area (Å²) in [5, 5.41) is 3.79. The fraction of sp³-hybridized carbons (Fsp3) is 0.200. The fourth-order valence-corrected chi connectivity index (χ4v) is 4.32. The Labute approximate surface area is 186 Å². The van der Waals surface area contributed by atoms with Crippen molar-refractivity contribution in [2.45, 2.75) is 25.5 Å². The van der Waals surface area contributed by atoms with Crippen LogP contribution in [0.2, 0.25) is 0 Å². The normalized spacial score (nSPS) is 10.9. The van der Waals surface area contributed by atoms with E-state index in [9.17, 15) is 4.79 Å². The van der Waals surface area contributed by atoms with Crippen molar-refractivity contribution in [3.05, 3.63) is 83.4 Å². The molecule has 6 heteroatoms. The van der Waals surface area contributed by atoms with Gasteiger partial charge in [0.1, 0.15) is 5.75 Å². The summed E-state index contributed by atoms with van der Waals surface area (Å²) in [5.74, 6) is 0.813. The van der Waals surface area contributed by atoms with E-state index in [2.05, 4.69) is 41.1 Å². The average molecular weight is 432 g/mol. The van der Waals surface area contributed by atoms with E-state index in [0.29, 0.717) is 18.0 Å². The lowest BCUT2D eigenvalue weighted by Gasteiger charge is -2.12. The first kappa shape index (κ1) is 21.0. The number of imidazole rings is 1. The van der Waals surface area contributed by atoms with Crippen molar-refractivity contribution < 1.29 is 9.53 Å². The molecule has 4 aromatic rings. The van der Waals surface area contributed by atoms with Gasteiger partial charge in [-0.2, -0.15) is 0 Å². The molecule has 0 aliphatic carbocycles. The molecule has 0 atom stereocenters. The topological polar surface area (TPSA) is 56.1 Å². The summed E-state index contributed by atoms with van der Waals surface area (Å²) in [7, 11) is 1.60. The Balaban J connectivity index is 1.55. The van der Waals surface area contributed by atoms with Crippen LogP contribution in [0.4, 0.5) is 5.69 Å². The highest BCUT2D eigenvalue weighted by atomic mass is 32.2. The number of hydrogen-bond acceptors (Lipinski definition) is 4. The molecule has 0 fully saturated rings. The van der Waals surface area contributed by atoms with E-state index in [1.807, 2.05) is 49.4 Å². The number of carbonyl (C=O) groups is 1. The second-order valence-corrected chi connectivity index (χ2v) is 8.38. The molecule has 0 radical (unpaired) electrons. The van der Waals surface area contributed by atoms with Crippen LogP contribution in [0.5, 0.6) is 5.75 Å². The van der Waals surface area contributed by atoms with Crippen molar-refractivity contribution in [2.75, 3.05) is 18.2 Å². The molecule has 0 aliphatic heterocycles. The van der Waals surface area contributed by atoms with E-state index >= 15 is 0 Å². The number of carbonyl (C=O) groups excluding carboxylic acids is 1. The molecule has 0 saturated carbocycles. The van der Waals surface area contributed by atoms with Crippen LogP contribution >= 0.6 is 11.8 Å². The van der Waals surface area contributed by atoms with Crippen molar-refractivity contribution in [3.8, 4) is 5.75 Å². The van der Waals surface area contributed by atoms with Crippen LogP contribution in [-0.4, -0.2) is 28.3 Å². The Hall–Kier alpha value is -3.25. The monoisotopic (exact) mass is 431 g/mol. The number of methoxy groups -OCH3 is 1. The first-order valence-corrected chi connectivity index (χ1v) is 11.1. The summed E-state index contributed by atoms with van der Waals surface area (Å²) >= 11 is 1.44. The van der Waals surface area contributed by atoms with Gasteiger partial charge in [-0.05, 0) is 54.8 Å². The summed E-state index contributed by atoms with van der Waals surface area (Å²) in [4.78, 5) is 17.5. The van der Waals surface area contributed by atoms with Gasteiger partial charge in [-0.1, -0.05) is 54.2 Å². The maximum atomic E-state index is 12.7. The van der Waals surface area contributed by atoms with Crippen LogP contribution in [0.3, 0.4) is 0 Å². The van der Waals surface area contributed by atoms with Crippen LogP contribution < -0.4 is 10.1 Å². The lowest BCUT2D eigenvalue weighted by atomic mass is 10.1. The van der Waals surface area contributed by atoms with Gasteiger partial charge in [0.2, 0.25) is 5.91 Å². The number of para-hydroxylation sites is 2. The van der Waals surface area contributed by atoms with E-state index in [1.165, 1.54) is 22.9 Å². The number of nitrogens with one attached hydrogen (secondary N) is 1.